The Kier molecular flexibility index (Phi) is 17.7. The van der Waals surface area contributed by atoms with Crippen LogP contribution >= 0.6 is 0 Å². The molecular weight excluding hydrogens is 110 g/mol. The van der Waals surface area contributed by atoms with Crippen molar-refractivity contribution in [2.24, 2.45) is 5.92 Å². The van der Waals surface area contributed by atoms with Crippen LogP contribution in [0.2, 0.25) is 10.2 Å². The van der Waals surface area contributed by atoms with Gasteiger partial charge in [0.05, 0.1) is 0 Å². The van der Waals surface area contributed by atoms with Crippen LogP contribution in [-0.2, 0) is 0 Å². The third-order valence-corrected chi connectivity index (χ3v) is 1.52. The van der Waals surface area contributed by atoms with E-state index in [2.05, 4.69) is 56.2 Å². The summed E-state index contributed by atoms with van der Waals surface area (Å²) < 4.78 is 0. The summed E-state index contributed by atoms with van der Waals surface area (Å²) in [5.74, 6) is 0.884. The minimum absolute atomic E-state index is 0.884. The van der Waals surface area contributed by atoms with E-state index in [1.807, 2.05) is 0 Å². The van der Waals surface area contributed by atoms with E-state index in [1.165, 1.54) is 23.0 Å². The molecule has 0 saturated carbocycles. The molecule has 0 saturated heterocycles. The average Bonchev–Trinajstić information content (AvgIpc) is 1.91. The number of unbranched alkanes of at least 4 members (excludes halogenated alkanes) is 1. The Hall–Kier alpha value is 1.19. The van der Waals surface area contributed by atoms with E-state index in [-0.39, 0.29) is 0 Å². The Morgan fingerprint density at radius 2 is 1.60 bits per heavy atom. The standard InChI is InChI=1S/2C4H9.2Li/c1-4(2)3;1-3-4-2;;/h4H,1H2,2-3H3;1,3-4H2,2H3;;. The normalized spacial score (nSPS) is 9.20. The maximum absolute atomic E-state index is 2.22. The summed E-state index contributed by atoms with van der Waals surface area (Å²) in [7, 11) is 0. The molecule has 0 heterocycles. The Morgan fingerprint density at radius 1 is 1.20 bits per heavy atom. The fourth-order valence-corrected chi connectivity index (χ4v) is 0.354. The molecule has 10 heavy (non-hydrogen) atoms. The SMILES string of the molecule is [Li][CH2]C(C)C.[Li][CH2]CCC. The minimum atomic E-state index is 0.884. The molecule has 0 aliphatic rings. The van der Waals surface area contributed by atoms with Crippen LogP contribution in [0.1, 0.15) is 33.6 Å². The van der Waals surface area contributed by atoms with E-state index >= 15 is 0 Å². The fourth-order valence-electron chi connectivity index (χ4n) is 0.354. The first-order chi connectivity index (χ1) is 4.68. The summed E-state index contributed by atoms with van der Waals surface area (Å²) in [6, 6.07) is 0. The van der Waals surface area contributed by atoms with Crippen LogP contribution in [0.5, 0.6) is 0 Å². The predicted molar refractivity (Wildman–Crippen MR) is 50.9 cm³/mol. The monoisotopic (exact) mass is 128 g/mol. The van der Waals surface area contributed by atoms with Crippen molar-refractivity contribution in [2.45, 2.75) is 43.8 Å². The first-order valence-corrected chi connectivity index (χ1v) is 4.68. The molecule has 52 valence electrons. The van der Waals surface area contributed by atoms with E-state index in [0.717, 1.165) is 5.92 Å². The van der Waals surface area contributed by atoms with Crippen molar-refractivity contribution in [1.29, 1.82) is 0 Å². The molecule has 0 N–H and O–H groups in total. The van der Waals surface area contributed by atoms with Gasteiger partial charge in [0, 0.05) is 0 Å². The average molecular weight is 128 g/mol. The Labute approximate surface area is 84.9 Å². The number of hydrogen-bond acceptors (Lipinski definition) is 0. The molecule has 0 aliphatic heterocycles. The van der Waals surface area contributed by atoms with Crippen molar-refractivity contribution >= 4 is 35.4 Å². The van der Waals surface area contributed by atoms with Crippen molar-refractivity contribution in [3.63, 3.8) is 0 Å². The third kappa shape index (κ3) is 22.9. The molecule has 0 aliphatic carbocycles. The molecule has 0 bridgehead atoms. The fraction of sp³-hybridized carbons (Fsp3) is 1.00. The quantitative estimate of drug-likeness (QED) is 0.512. The van der Waals surface area contributed by atoms with Gasteiger partial charge in [-0.1, -0.05) is 0 Å². The Bertz CT molecular complexity index is 42.5. The first-order valence-electron chi connectivity index (χ1n) is 4.68. The van der Waals surface area contributed by atoms with Gasteiger partial charge in [0.25, 0.3) is 0 Å². The van der Waals surface area contributed by atoms with Crippen LogP contribution in [0.15, 0.2) is 0 Å². The van der Waals surface area contributed by atoms with Crippen molar-refractivity contribution in [2.75, 3.05) is 0 Å². The van der Waals surface area contributed by atoms with Crippen LogP contribution in [0, 0.1) is 5.92 Å². The summed E-state index contributed by atoms with van der Waals surface area (Å²) in [5.41, 5.74) is 0. The summed E-state index contributed by atoms with van der Waals surface area (Å²) in [6.45, 7) is 6.66. The van der Waals surface area contributed by atoms with E-state index in [0.29, 0.717) is 0 Å². The molecule has 2 heteroatoms. The van der Waals surface area contributed by atoms with Crippen molar-refractivity contribution in [3.8, 4) is 0 Å². The number of rotatable bonds is 3. The molecule has 0 aromatic rings. The second-order valence-electron chi connectivity index (χ2n) is 3.16. The summed E-state index contributed by atoms with van der Waals surface area (Å²) >= 11 is 4.41. The molecule has 0 spiro atoms. The van der Waals surface area contributed by atoms with E-state index in [1.54, 1.807) is 0 Å². The van der Waals surface area contributed by atoms with E-state index in [4.69, 9.17) is 0 Å². The molecule has 0 radical (unpaired) electrons. The second-order valence-corrected chi connectivity index (χ2v) is 3.16. The van der Waals surface area contributed by atoms with Crippen LogP contribution in [0.4, 0.5) is 0 Å². The zero-order valence-corrected chi connectivity index (χ0v) is 8.41. The van der Waals surface area contributed by atoms with Gasteiger partial charge in [0.15, 0.2) is 0 Å². The zero-order chi connectivity index (χ0) is 8.41. The second kappa shape index (κ2) is 12.8. The van der Waals surface area contributed by atoms with Crippen molar-refractivity contribution in [3.05, 3.63) is 0 Å². The van der Waals surface area contributed by atoms with Gasteiger partial charge in [0.2, 0.25) is 0 Å². The van der Waals surface area contributed by atoms with E-state index < -0.39 is 0 Å². The summed E-state index contributed by atoms with van der Waals surface area (Å²) in [4.78, 5) is 0. The molecule has 0 amide bonds. The molecule has 0 fully saturated rings. The topological polar surface area (TPSA) is 0 Å². The van der Waals surface area contributed by atoms with Crippen LogP contribution in [-0.4, -0.2) is 35.4 Å². The third-order valence-electron chi connectivity index (χ3n) is 1.52. The van der Waals surface area contributed by atoms with Crippen LogP contribution in [0.25, 0.3) is 0 Å². The van der Waals surface area contributed by atoms with Gasteiger partial charge in [-0.15, -0.1) is 0 Å². The Morgan fingerprint density at radius 3 is 1.60 bits per heavy atom. The first kappa shape index (κ1) is 13.8. The molecule has 0 atom stereocenters. The van der Waals surface area contributed by atoms with Gasteiger partial charge in [-0.3, -0.25) is 0 Å². The van der Waals surface area contributed by atoms with Gasteiger partial charge in [-0.2, -0.15) is 0 Å². The Balaban J connectivity index is 0. The molecular formula is C8H18Li2. The van der Waals surface area contributed by atoms with Crippen LogP contribution < -0.4 is 0 Å². The van der Waals surface area contributed by atoms with Crippen molar-refractivity contribution in [1.82, 2.24) is 0 Å². The van der Waals surface area contributed by atoms with Crippen LogP contribution in [0.3, 0.4) is 0 Å². The van der Waals surface area contributed by atoms with Gasteiger partial charge in [-0.05, 0) is 0 Å². The van der Waals surface area contributed by atoms with Gasteiger partial charge in [0.1, 0.15) is 0 Å². The maximum atomic E-state index is 2.22. The van der Waals surface area contributed by atoms with Gasteiger partial charge in [-0.25, -0.2) is 0 Å². The summed E-state index contributed by atoms with van der Waals surface area (Å²) in [6.07, 6.45) is 2.73. The van der Waals surface area contributed by atoms with Crippen molar-refractivity contribution < 1.29 is 0 Å². The number of hydrogen-bond donors (Lipinski definition) is 0. The molecule has 0 unspecified atom stereocenters. The molecule has 0 aromatic carbocycles. The summed E-state index contributed by atoms with van der Waals surface area (Å²) in [5, 5.41) is 2.65. The molecule has 0 nitrogen and oxygen atoms in total. The molecule has 0 aromatic heterocycles. The van der Waals surface area contributed by atoms with Gasteiger partial charge < -0.3 is 0 Å². The molecule has 0 rings (SSSR count). The van der Waals surface area contributed by atoms with Gasteiger partial charge >= 0.3 is 85.1 Å². The zero-order valence-electron chi connectivity index (χ0n) is 8.41. The van der Waals surface area contributed by atoms with E-state index in [9.17, 15) is 0 Å². The predicted octanol–water partition coefficient (Wildman–Crippen LogP) is 2.60.